The third-order valence-corrected chi connectivity index (χ3v) is 3.86. The quantitative estimate of drug-likeness (QED) is 0.660. The summed E-state index contributed by atoms with van der Waals surface area (Å²) in [7, 11) is 0. The van der Waals surface area contributed by atoms with Crippen molar-refractivity contribution in [2.75, 3.05) is 0 Å². The molecule has 0 heterocycles. The van der Waals surface area contributed by atoms with Gasteiger partial charge in [-0.05, 0) is 30.2 Å². The van der Waals surface area contributed by atoms with Gasteiger partial charge < -0.3 is 0 Å². The van der Waals surface area contributed by atoms with E-state index in [1.54, 1.807) is 5.56 Å². The fraction of sp³-hybridized carbons (Fsp3) is 0.600. The van der Waals surface area contributed by atoms with Gasteiger partial charge in [-0.2, -0.15) is 0 Å². The third kappa shape index (κ3) is 2.84. The van der Waals surface area contributed by atoms with E-state index in [-0.39, 0.29) is 0 Å². The molecule has 0 nitrogen and oxygen atoms in total. The van der Waals surface area contributed by atoms with Crippen LogP contribution in [0.25, 0.3) is 0 Å². The summed E-state index contributed by atoms with van der Waals surface area (Å²) in [6.45, 7) is 2.33. The first-order chi connectivity index (χ1) is 7.40. The molecule has 0 heteroatoms. The van der Waals surface area contributed by atoms with Gasteiger partial charge in [-0.1, -0.05) is 62.9 Å². The molecule has 1 fully saturated rings. The first-order valence-electron chi connectivity index (χ1n) is 6.45. The minimum absolute atomic E-state index is 0.800. The molecule has 1 aromatic rings. The average Bonchev–Trinajstić information content (AvgIpc) is 2.80. The molecule has 1 aromatic carbocycles. The predicted molar refractivity (Wildman–Crippen MR) is 66.0 cm³/mol. The van der Waals surface area contributed by atoms with Crippen molar-refractivity contribution < 1.29 is 0 Å². The highest BCUT2D eigenvalue weighted by Crippen LogP contribution is 2.35. The monoisotopic (exact) mass is 202 g/mol. The van der Waals surface area contributed by atoms with E-state index in [1.807, 2.05) is 0 Å². The summed E-state index contributed by atoms with van der Waals surface area (Å²) in [5.74, 6) is 1.81. The summed E-state index contributed by atoms with van der Waals surface area (Å²) in [4.78, 5) is 0. The van der Waals surface area contributed by atoms with Gasteiger partial charge in [-0.25, -0.2) is 0 Å². The van der Waals surface area contributed by atoms with E-state index in [9.17, 15) is 0 Å². The lowest BCUT2D eigenvalue weighted by atomic mass is 9.86. The second kappa shape index (κ2) is 5.34. The van der Waals surface area contributed by atoms with Gasteiger partial charge >= 0.3 is 0 Å². The normalized spacial score (nSPS) is 19.3. The van der Waals surface area contributed by atoms with Crippen molar-refractivity contribution in [2.45, 2.75) is 51.4 Å². The van der Waals surface area contributed by atoms with Gasteiger partial charge in [-0.15, -0.1) is 0 Å². The first kappa shape index (κ1) is 10.7. The second-order valence-electron chi connectivity index (χ2n) is 4.90. The summed E-state index contributed by atoms with van der Waals surface area (Å²) in [6, 6.07) is 11.1. The Bertz CT molecular complexity index is 269. The molecular weight excluding hydrogens is 180 g/mol. The van der Waals surface area contributed by atoms with Crippen LogP contribution >= 0.6 is 0 Å². The molecule has 0 aromatic heterocycles. The predicted octanol–water partition coefficient (Wildman–Crippen LogP) is 4.76. The summed E-state index contributed by atoms with van der Waals surface area (Å²) in [6.07, 6.45) is 8.60. The van der Waals surface area contributed by atoms with Crippen LogP contribution in [0.4, 0.5) is 0 Å². The zero-order valence-electron chi connectivity index (χ0n) is 9.78. The molecule has 2 rings (SSSR count). The van der Waals surface area contributed by atoms with Gasteiger partial charge in [0.15, 0.2) is 0 Å². The Morgan fingerprint density at radius 1 is 1.13 bits per heavy atom. The summed E-state index contributed by atoms with van der Waals surface area (Å²) < 4.78 is 0. The zero-order valence-corrected chi connectivity index (χ0v) is 9.78. The van der Waals surface area contributed by atoms with Crippen LogP contribution in [0.15, 0.2) is 30.3 Å². The van der Waals surface area contributed by atoms with Gasteiger partial charge in [0, 0.05) is 0 Å². The SMILES string of the molecule is CCC(CC1CCCC1)c1ccccc1. The molecule has 1 aliphatic carbocycles. The van der Waals surface area contributed by atoms with E-state index in [0.717, 1.165) is 11.8 Å². The lowest BCUT2D eigenvalue weighted by Crippen LogP contribution is -2.04. The average molecular weight is 202 g/mol. The maximum Gasteiger partial charge on any atom is -0.0162 e. The highest BCUT2D eigenvalue weighted by Gasteiger charge is 2.19. The molecule has 15 heavy (non-hydrogen) atoms. The van der Waals surface area contributed by atoms with Crippen LogP contribution < -0.4 is 0 Å². The highest BCUT2D eigenvalue weighted by atomic mass is 14.2. The molecule has 1 unspecified atom stereocenters. The van der Waals surface area contributed by atoms with Gasteiger partial charge in [0.05, 0.1) is 0 Å². The van der Waals surface area contributed by atoms with Crippen molar-refractivity contribution >= 4 is 0 Å². The van der Waals surface area contributed by atoms with Crippen molar-refractivity contribution in [1.82, 2.24) is 0 Å². The molecule has 1 aliphatic rings. The van der Waals surface area contributed by atoms with Gasteiger partial charge in [-0.3, -0.25) is 0 Å². The molecule has 82 valence electrons. The van der Waals surface area contributed by atoms with Crippen LogP contribution in [0.1, 0.15) is 56.9 Å². The maximum absolute atomic E-state index is 2.33. The molecule has 0 amide bonds. The van der Waals surface area contributed by atoms with Crippen molar-refractivity contribution in [1.29, 1.82) is 0 Å². The maximum atomic E-state index is 2.33. The van der Waals surface area contributed by atoms with Crippen LogP contribution in [-0.2, 0) is 0 Å². The Kier molecular flexibility index (Phi) is 3.82. The Hall–Kier alpha value is -0.780. The molecule has 0 aliphatic heterocycles. The summed E-state index contributed by atoms with van der Waals surface area (Å²) in [5.41, 5.74) is 1.55. The Morgan fingerprint density at radius 3 is 2.40 bits per heavy atom. The van der Waals surface area contributed by atoms with Crippen molar-refractivity contribution in [3.8, 4) is 0 Å². The molecule has 0 saturated heterocycles. The Balaban J connectivity index is 1.97. The number of rotatable bonds is 4. The third-order valence-electron chi connectivity index (χ3n) is 3.86. The first-order valence-corrected chi connectivity index (χ1v) is 6.45. The largest absolute Gasteiger partial charge is 0.0648 e. The van der Waals surface area contributed by atoms with Gasteiger partial charge in [0.2, 0.25) is 0 Å². The molecule has 0 bridgehead atoms. The fourth-order valence-corrected chi connectivity index (χ4v) is 2.91. The van der Waals surface area contributed by atoms with E-state index in [0.29, 0.717) is 0 Å². The molecule has 0 N–H and O–H groups in total. The summed E-state index contributed by atoms with van der Waals surface area (Å²) >= 11 is 0. The summed E-state index contributed by atoms with van der Waals surface area (Å²) in [5, 5.41) is 0. The highest BCUT2D eigenvalue weighted by molar-refractivity contribution is 5.19. The van der Waals surface area contributed by atoms with Gasteiger partial charge in [0.1, 0.15) is 0 Å². The number of hydrogen-bond donors (Lipinski definition) is 0. The Labute approximate surface area is 93.7 Å². The Morgan fingerprint density at radius 2 is 1.80 bits per heavy atom. The van der Waals surface area contributed by atoms with E-state index in [1.165, 1.54) is 38.5 Å². The van der Waals surface area contributed by atoms with E-state index in [2.05, 4.69) is 37.3 Å². The van der Waals surface area contributed by atoms with E-state index in [4.69, 9.17) is 0 Å². The molecule has 1 atom stereocenters. The van der Waals surface area contributed by atoms with Crippen LogP contribution in [0, 0.1) is 5.92 Å². The lowest BCUT2D eigenvalue weighted by Gasteiger charge is -2.19. The smallest absolute Gasteiger partial charge is 0.0162 e. The van der Waals surface area contributed by atoms with Crippen LogP contribution in [0.3, 0.4) is 0 Å². The van der Waals surface area contributed by atoms with Crippen molar-refractivity contribution in [3.63, 3.8) is 0 Å². The van der Waals surface area contributed by atoms with Crippen LogP contribution in [0.2, 0.25) is 0 Å². The molecular formula is C15H22. The minimum atomic E-state index is 0.800. The fourth-order valence-electron chi connectivity index (χ4n) is 2.91. The minimum Gasteiger partial charge on any atom is -0.0648 e. The van der Waals surface area contributed by atoms with Crippen molar-refractivity contribution in [2.24, 2.45) is 5.92 Å². The standard InChI is InChI=1S/C15H22/c1-2-14(12-13-8-6-7-9-13)15-10-4-3-5-11-15/h3-5,10-11,13-14H,2,6-9,12H2,1H3. The van der Waals surface area contributed by atoms with Crippen LogP contribution in [0.5, 0.6) is 0 Å². The zero-order chi connectivity index (χ0) is 10.5. The van der Waals surface area contributed by atoms with Crippen molar-refractivity contribution in [3.05, 3.63) is 35.9 Å². The molecule has 0 spiro atoms. The van der Waals surface area contributed by atoms with Gasteiger partial charge in [0.25, 0.3) is 0 Å². The second-order valence-corrected chi connectivity index (χ2v) is 4.90. The molecule has 0 radical (unpaired) electrons. The number of benzene rings is 1. The van der Waals surface area contributed by atoms with Crippen LogP contribution in [-0.4, -0.2) is 0 Å². The molecule has 1 saturated carbocycles. The van der Waals surface area contributed by atoms with E-state index >= 15 is 0 Å². The lowest BCUT2D eigenvalue weighted by molar-refractivity contribution is 0.437. The van der Waals surface area contributed by atoms with E-state index < -0.39 is 0 Å². The topological polar surface area (TPSA) is 0 Å². The number of hydrogen-bond acceptors (Lipinski definition) is 0.